The molecule has 2 aromatic heterocycles. The van der Waals surface area contributed by atoms with Gasteiger partial charge in [0, 0.05) is 19.9 Å². The van der Waals surface area contributed by atoms with Gasteiger partial charge in [-0.25, -0.2) is 0 Å². The van der Waals surface area contributed by atoms with Crippen molar-refractivity contribution < 1.29 is 14.4 Å². The Balaban J connectivity index is 1.79. The Morgan fingerprint density at radius 1 is 1.21 bits per heavy atom. The summed E-state index contributed by atoms with van der Waals surface area (Å²) in [7, 11) is 4.06. The van der Waals surface area contributed by atoms with E-state index in [0.29, 0.717) is 16.3 Å². The number of amides is 1. The number of quaternary nitrogens is 1. The first-order chi connectivity index (χ1) is 11.5. The lowest BCUT2D eigenvalue weighted by atomic mass is 9.98. The minimum atomic E-state index is -1.57. The zero-order valence-corrected chi connectivity index (χ0v) is 15.9. The van der Waals surface area contributed by atoms with Crippen LogP contribution < -0.4 is 0 Å². The zero-order chi connectivity index (χ0) is 17.2. The summed E-state index contributed by atoms with van der Waals surface area (Å²) in [5, 5.41) is 15.2. The van der Waals surface area contributed by atoms with Gasteiger partial charge in [-0.3, -0.25) is 4.79 Å². The molecule has 4 nitrogen and oxygen atoms in total. The second-order valence-electron chi connectivity index (χ2n) is 6.89. The molecule has 130 valence electrons. The van der Waals surface area contributed by atoms with Crippen molar-refractivity contribution in [3.05, 3.63) is 44.8 Å². The maximum Gasteiger partial charge on any atom is 0.265 e. The molecule has 2 aromatic rings. The number of thiophene rings is 2. The van der Waals surface area contributed by atoms with Crippen molar-refractivity contribution in [1.82, 2.24) is 4.90 Å². The number of aliphatic hydroxyl groups is 1. The van der Waals surface area contributed by atoms with Crippen molar-refractivity contribution in [1.29, 1.82) is 0 Å². The number of nitrogens with zero attached hydrogens (tertiary/aromatic N) is 2. The molecule has 1 aliphatic heterocycles. The summed E-state index contributed by atoms with van der Waals surface area (Å²) < 4.78 is 1.02. The van der Waals surface area contributed by atoms with Crippen molar-refractivity contribution >= 4 is 28.6 Å². The average Bonchev–Trinajstić information content (AvgIpc) is 3.33. The molecule has 6 heteroatoms. The molecule has 0 aromatic carbocycles. The summed E-state index contributed by atoms with van der Waals surface area (Å²) in [6.07, 6.45) is 2.53. The first-order valence-electron chi connectivity index (χ1n) is 8.35. The molecule has 0 radical (unpaired) electrons. The number of hydrogen-bond acceptors (Lipinski definition) is 4. The number of likely N-dealkylation sites (tertiary alicyclic amines) is 1. The SMILES string of the molecule is CN(CC[N+]1(C)CCCC1)C(=O)C(O)(c1cccs1)c1cccs1. The van der Waals surface area contributed by atoms with Crippen LogP contribution >= 0.6 is 22.7 Å². The summed E-state index contributed by atoms with van der Waals surface area (Å²) in [6.45, 7) is 3.96. The fourth-order valence-electron chi connectivity index (χ4n) is 3.39. The Labute approximate surface area is 151 Å². The van der Waals surface area contributed by atoms with E-state index < -0.39 is 5.60 Å². The average molecular weight is 366 g/mol. The third-order valence-electron chi connectivity index (χ3n) is 5.03. The van der Waals surface area contributed by atoms with E-state index >= 15 is 0 Å². The van der Waals surface area contributed by atoms with Gasteiger partial charge in [-0.15, -0.1) is 22.7 Å². The van der Waals surface area contributed by atoms with E-state index in [1.165, 1.54) is 48.6 Å². The van der Waals surface area contributed by atoms with Gasteiger partial charge >= 0.3 is 0 Å². The normalized spacial score (nSPS) is 17.1. The number of rotatable bonds is 6. The Morgan fingerprint density at radius 2 is 1.75 bits per heavy atom. The largest absolute Gasteiger partial charge is 0.371 e. The van der Waals surface area contributed by atoms with E-state index in [4.69, 9.17) is 0 Å². The predicted molar refractivity (Wildman–Crippen MR) is 99.3 cm³/mol. The number of carbonyl (C=O) groups is 1. The standard InChI is InChI=1S/C18H25N2O2S2/c1-19(9-12-20(2)10-3-4-11-20)17(21)18(22,15-7-5-13-23-15)16-8-6-14-24-16/h5-8,13-14,22H,3-4,9-12H2,1-2H3/q+1. The van der Waals surface area contributed by atoms with Crippen molar-refractivity contribution in [3.8, 4) is 0 Å². The molecule has 24 heavy (non-hydrogen) atoms. The van der Waals surface area contributed by atoms with Gasteiger partial charge < -0.3 is 14.5 Å². The van der Waals surface area contributed by atoms with Crippen molar-refractivity contribution in [2.24, 2.45) is 0 Å². The molecule has 0 unspecified atom stereocenters. The predicted octanol–water partition coefficient (Wildman–Crippen LogP) is 2.74. The lowest BCUT2D eigenvalue weighted by molar-refractivity contribution is -0.897. The fourth-order valence-corrected chi connectivity index (χ4v) is 5.11. The Hall–Kier alpha value is -1.21. The van der Waals surface area contributed by atoms with Crippen LogP contribution in [0.25, 0.3) is 0 Å². The molecule has 0 bridgehead atoms. The maximum absolute atomic E-state index is 13.2. The molecule has 1 amide bonds. The Bertz CT molecular complexity index is 627. The molecule has 1 saturated heterocycles. The summed E-state index contributed by atoms with van der Waals surface area (Å²) >= 11 is 2.84. The third-order valence-corrected chi connectivity index (χ3v) is 6.99. The molecule has 1 fully saturated rings. The van der Waals surface area contributed by atoms with E-state index in [1.54, 1.807) is 11.9 Å². The molecule has 3 heterocycles. The summed E-state index contributed by atoms with van der Waals surface area (Å²) in [4.78, 5) is 16.2. The Morgan fingerprint density at radius 3 is 2.21 bits per heavy atom. The van der Waals surface area contributed by atoms with Gasteiger partial charge in [-0.2, -0.15) is 0 Å². The van der Waals surface area contributed by atoms with Crippen LogP contribution in [0.3, 0.4) is 0 Å². The lowest BCUT2D eigenvalue weighted by Crippen LogP contribution is -2.50. The van der Waals surface area contributed by atoms with E-state index in [9.17, 15) is 9.90 Å². The minimum Gasteiger partial charge on any atom is -0.371 e. The Kier molecular flexibility index (Phi) is 5.11. The van der Waals surface area contributed by atoms with Crippen molar-refractivity contribution in [2.45, 2.75) is 18.4 Å². The highest BCUT2D eigenvalue weighted by molar-refractivity contribution is 7.12. The molecule has 0 atom stereocenters. The highest BCUT2D eigenvalue weighted by Crippen LogP contribution is 2.37. The van der Waals surface area contributed by atoms with Crippen LogP contribution in [0.4, 0.5) is 0 Å². The highest BCUT2D eigenvalue weighted by Gasteiger charge is 2.44. The quantitative estimate of drug-likeness (QED) is 0.800. The van der Waals surface area contributed by atoms with Crippen LogP contribution in [0.2, 0.25) is 0 Å². The molecular weight excluding hydrogens is 340 g/mol. The van der Waals surface area contributed by atoms with E-state index in [0.717, 1.165) is 11.0 Å². The molecule has 0 saturated carbocycles. The lowest BCUT2D eigenvalue weighted by Gasteiger charge is -2.34. The van der Waals surface area contributed by atoms with Gasteiger partial charge in [-0.05, 0) is 22.9 Å². The molecule has 1 aliphatic rings. The second kappa shape index (κ2) is 6.96. The smallest absolute Gasteiger partial charge is 0.265 e. The topological polar surface area (TPSA) is 40.5 Å². The van der Waals surface area contributed by atoms with E-state index in [-0.39, 0.29) is 5.91 Å². The molecule has 3 rings (SSSR count). The number of likely N-dealkylation sites (N-methyl/N-ethyl adjacent to an activating group) is 2. The third kappa shape index (κ3) is 3.28. The second-order valence-corrected chi connectivity index (χ2v) is 8.78. The van der Waals surface area contributed by atoms with Gasteiger partial charge in [0.25, 0.3) is 5.91 Å². The summed E-state index contributed by atoms with van der Waals surface area (Å²) in [5.74, 6) is -0.238. The first-order valence-corrected chi connectivity index (χ1v) is 10.1. The first kappa shape index (κ1) is 17.6. The van der Waals surface area contributed by atoms with Crippen LogP contribution in [-0.2, 0) is 10.4 Å². The number of carbonyl (C=O) groups excluding carboxylic acids is 1. The van der Waals surface area contributed by atoms with Crippen LogP contribution in [0, 0.1) is 0 Å². The van der Waals surface area contributed by atoms with Crippen LogP contribution in [0.15, 0.2) is 35.0 Å². The molecule has 0 spiro atoms. The summed E-state index contributed by atoms with van der Waals surface area (Å²) in [5.41, 5.74) is -1.57. The van der Waals surface area contributed by atoms with Gasteiger partial charge in [0.1, 0.15) is 0 Å². The van der Waals surface area contributed by atoms with Crippen LogP contribution in [0.5, 0.6) is 0 Å². The highest BCUT2D eigenvalue weighted by atomic mass is 32.1. The van der Waals surface area contributed by atoms with Gasteiger partial charge in [-0.1, -0.05) is 12.1 Å². The summed E-state index contributed by atoms with van der Waals surface area (Å²) in [6, 6.07) is 7.43. The fraction of sp³-hybridized carbons (Fsp3) is 0.500. The zero-order valence-electron chi connectivity index (χ0n) is 14.3. The van der Waals surface area contributed by atoms with Crippen molar-refractivity contribution in [2.75, 3.05) is 40.3 Å². The molecular formula is C18H25N2O2S2+. The van der Waals surface area contributed by atoms with E-state index in [1.807, 2.05) is 35.0 Å². The maximum atomic E-state index is 13.2. The number of hydrogen-bond donors (Lipinski definition) is 1. The van der Waals surface area contributed by atoms with Crippen molar-refractivity contribution in [3.63, 3.8) is 0 Å². The van der Waals surface area contributed by atoms with Crippen LogP contribution in [0.1, 0.15) is 22.6 Å². The molecule has 0 aliphatic carbocycles. The molecule has 1 N–H and O–H groups in total. The van der Waals surface area contributed by atoms with Gasteiger partial charge in [0.05, 0.1) is 43.0 Å². The monoisotopic (exact) mass is 365 g/mol. The van der Waals surface area contributed by atoms with Crippen LogP contribution in [-0.4, -0.2) is 60.7 Å². The van der Waals surface area contributed by atoms with E-state index in [2.05, 4.69) is 7.05 Å². The minimum absolute atomic E-state index is 0.238. The van der Waals surface area contributed by atoms with Gasteiger partial charge in [0.2, 0.25) is 5.60 Å². The van der Waals surface area contributed by atoms with Gasteiger partial charge in [0.15, 0.2) is 0 Å².